The summed E-state index contributed by atoms with van der Waals surface area (Å²) in [4.78, 5) is 0. The highest BCUT2D eigenvalue weighted by Gasteiger charge is 2.09. The van der Waals surface area contributed by atoms with Gasteiger partial charge in [0, 0.05) is 11.1 Å². The van der Waals surface area contributed by atoms with Gasteiger partial charge < -0.3 is 9.84 Å². The van der Waals surface area contributed by atoms with Gasteiger partial charge in [0.25, 0.3) is 0 Å². The van der Waals surface area contributed by atoms with E-state index in [4.69, 9.17) is 4.74 Å². The first-order valence-corrected chi connectivity index (χ1v) is 9.44. The van der Waals surface area contributed by atoms with E-state index in [0.29, 0.717) is 5.56 Å². The van der Waals surface area contributed by atoms with Gasteiger partial charge in [0.1, 0.15) is 11.5 Å². The number of hydrogen-bond donors (Lipinski definition) is 2. The predicted octanol–water partition coefficient (Wildman–Crippen LogP) is 5.69. The molecule has 0 saturated carbocycles. The molecule has 0 bridgehead atoms. The summed E-state index contributed by atoms with van der Waals surface area (Å²) in [5.41, 5.74) is 5.40. The van der Waals surface area contributed by atoms with Crippen LogP contribution in [0.25, 0.3) is 27.2 Å². The third kappa shape index (κ3) is 3.65. The molecule has 0 saturated heterocycles. The molecule has 144 valence electrons. The van der Waals surface area contributed by atoms with Crippen molar-refractivity contribution in [2.45, 2.75) is 6.92 Å². The van der Waals surface area contributed by atoms with Gasteiger partial charge in [0.2, 0.25) is 0 Å². The summed E-state index contributed by atoms with van der Waals surface area (Å²) in [6.45, 7) is 1.91. The van der Waals surface area contributed by atoms with E-state index in [2.05, 4.69) is 16.6 Å². The van der Waals surface area contributed by atoms with E-state index in [1.54, 1.807) is 19.4 Å². The largest absolute Gasteiger partial charge is 0.507 e. The predicted molar refractivity (Wildman–Crippen MR) is 120 cm³/mol. The van der Waals surface area contributed by atoms with Gasteiger partial charge in [-0.05, 0) is 46.7 Å². The first kappa shape index (κ1) is 18.6. The standard InChI is InChI=1S/C25H22N2O2/c1-3-23(21-14-18-9-4-5-10-19(18)15-24(21)28)27-26-16-22-20-11-7-6-8-17(20)12-13-25(22)29-2/h3-16,27-28H,1-2H3/b23-3-,26-16+. The fraction of sp³-hybridized carbons (Fsp3) is 0.0800. The maximum Gasteiger partial charge on any atom is 0.128 e. The molecule has 0 aromatic heterocycles. The summed E-state index contributed by atoms with van der Waals surface area (Å²) < 4.78 is 5.52. The molecule has 4 nitrogen and oxygen atoms in total. The van der Waals surface area contributed by atoms with Crippen LogP contribution in [-0.4, -0.2) is 18.4 Å². The fourth-order valence-electron chi connectivity index (χ4n) is 3.48. The summed E-state index contributed by atoms with van der Waals surface area (Å²) in [5.74, 6) is 0.965. The van der Waals surface area contributed by atoms with Crippen molar-refractivity contribution < 1.29 is 9.84 Å². The van der Waals surface area contributed by atoms with Crippen LogP contribution in [0.3, 0.4) is 0 Å². The van der Waals surface area contributed by atoms with Gasteiger partial charge in [-0.25, -0.2) is 0 Å². The highest BCUT2D eigenvalue weighted by Crippen LogP contribution is 2.30. The zero-order chi connectivity index (χ0) is 20.2. The van der Waals surface area contributed by atoms with Gasteiger partial charge in [-0.1, -0.05) is 60.7 Å². The molecule has 0 atom stereocenters. The summed E-state index contributed by atoms with van der Waals surface area (Å²) in [6, 6.07) is 23.8. The lowest BCUT2D eigenvalue weighted by molar-refractivity contribution is 0.415. The number of ether oxygens (including phenoxy) is 1. The van der Waals surface area contributed by atoms with Crippen LogP contribution >= 0.6 is 0 Å². The quantitative estimate of drug-likeness (QED) is 0.344. The number of nitrogens with zero attached hydrogens (tertiary/aromatic N) is 1. The molecule has 29 heavy (non-hydrogen) atoms. The molecule has 4 aromatic rings. The summed E-state index contributed by atoms with van der Waals surface area (Å²) >= 11 is 0. The molecule has 4 rings (SSSR count). The molecule has 0 heterocycles. The van der Waals surface area contributed by atoms with Crippen molar-refractivity contribution in [3.8, 4) is 11.5 Å². The van der Waals surface area contributed by atoms with Crippen LogP contribution in [0, 0.1) is 0 Å². The highest BCUT2D eigenvalue weighted by molar-refractivity contribution is 6.02. The van der Waals surface area contributed by atoms with Crippen molar-refractivity contribution in [2.75, 3.05) is 7.11 Å². The molecule has 2 N–H and O–H groups in total. The third-order valence-electron chi connectivity index (χ3n) is 4.97. The zero-order valence-electron chi connectivity index (χ0n) is 16.4. The van der Waals surface area contributed by atoms with Gasteiger partial charge >= 0.3 is 0 Å². The number of phenols is 1. The molecule has 0 aliphatic rings. The third-order valence-corrected chi connectivity index (χ3v) is 4.97. The van der Waals surface area contributed by atoms with Crippen molar-refractivity contribution in [1.29, 1.82) is 0 Å². The lowest BCUT2D eigenvalue weighted by atomic mass is 10.0. The minimum atomic E-state index is 0.210. The minimum Gasteiger partial charge on any atom is -0.507 e. The fourth-order valence-corrected chi connectivity index (χ4v) is 3.48. The molecule has 4 aromatic carbocycles. The molecule has 0 amide bonds. The lowest BCUT2D eigenvalue weighted by Gasteiger charge is -2.11. The van der Waals surface area contributed by atoms with Gasteiger partial charge in [-0.3, -0.25) is 5.43 Å². The van der Waals surface area contributed by atoms with Gasteiger partial charge in [-0.15, -0.1) is 0 Å². The number of rotatable bonds is 5. The topological polar surface area (TPSA) is 53.9 Å². The molecular formula is C25H22N2O2. The average molecular weight is 382 g/mol. The molecular weight excluding hydrogens is 360 g/mol. The number of fused-ring (bicyclic) bond motifs is 2. The van der Waals surface area contributed by atoms with Gasteiger partial charge in [0.05, 0.1) is 19.0 Å². The molecule has 0 fully saturated rings. The SMILES string of the molecule is C/C=C(\N/N=C/c1c(OC)ccc2ccccc12)c1cc2ccccc2cc1O. The highest BCUT2D eigenvalue weighted by atomic mass is 16.5. The van der Waals surface area contributed by atoms with Crippen LogP contribution in [0.15, 0.2) is 84.0 Å². The van der Waals surface area contributed by atoms with Crippen molar-refractivity contribution in [3.05, 3.63) is 90.0 Å². The van der Waals surface area contributed by atoms with Crippen LogP contribution in [0.5, 0.6) is 11.5 Å². The van der Waals surface area contributed by atoms with E-state index in [-0.39, 0.29) is 5.75 Å². The Morgan fingerprint density at radius 2 is 1.62 bits per heavy atom. The Balaban J connectivity index is 1.67. The minimum absolute atomic E-state index is 0.210. The monoisotopic (exact) mass is 382 g/mol. The molecule has 0 aliphatic heterocycles. The normalized spacial score (nSPS) is 12.0. The second kappa shape index (κ2) is 8.07. The van der Waals surface area contributed by atoms with Crippen molar-refractivity contribution in [2.24, 2.45) is 5.10 Å². The van der Waals surface area contributed by atoms with Crippen molar-refractivity contribution >= 4 is 33.5 Å². The van der Waals surface area contributed by atoms with Crippen LogP contribution in [0.2, 0.25) is 0 Å². The van der Waals surface area contributed by atoms with Crippen LogP contribution in [-0.2, 0) is 0 Å². The Bertz CT molecular complexity index is 1240. The van der Waals surface area contributed by atoms with Crippen LogP contribution in [0.4, 0.5) is 0 Å². The molecule has 0 spiro atoms. The Hall–Kier alpha value is -3.79. The Labute approximate surface area is 169 Å². The lowest BCUT2D eigenvalue weighted by Crippen LogP contribution is -2.05. The number of phenolic OH excluding ortho intramolecular Hbond substituents is 1. The summed E-state index contributed by atoms with van der Waals surface area (Å²) in [7, 11) is 1.65. The number of benzene rings is 4. The van der Waals surface area contributed by atoms with Crippen molar-refractivity contribution in [3.63, 3.8) is 0 Å². The number of hydrazone groups is 1. The van der Waals surface area contributed by atoms with Crippen LogP contribution in [0.1, 0.15) is 18.1 Å². The van der Waals surface area contributed by atoms with E-state index in [1.807, 2.05) is 73.7 Å². The van der Waals surface area contributed by atoms with E-state index in [9.17, 15) is 5.11 Å². The van der Waals surface area contributed by atoms with Crippen molar-refractivity contribution in [1.82, 2.24) is 5.43 Å². The molecule has 0 unspecified atom stereocenters. The first-order valence-electron chi connectivity index (χ1n) is 9.44. The first-order chi connectivity index (χ1) is 14.2. The van der Waals surface area contributed by atoms with E-state index in [1.165, 1.54) is 0 Å². The smallest absolute Gasteiger partial charge is 0.128 e. The second-order valence-corrected chi connectivity index (χ2v) is 6.69. The average Bonchev–Trinajstić information content (AvgIpc) is 2.76. The number of aromatic hydroxyl groups is 1. The number of hydrogen-bond acceptors (Lipinski definition) is 4. The summed E-state index contributed by atoms with van der Waals surface area (Å²) in [5, 5.41) is 19.2. The maximum atomic E-state index is 10.5. The number of nitrogens with one attached hydrogen (secondary N) is 1. The van der Waals surface area contributed by atoms with Gasteiger partial charge in [-0.2, -0.15) is 5.10 Å². The molecule has 0 radical (unpaired) electrons. The Kier molecular flexibility index (Phi) is 5.16. The number of allylic oxidation sites excluding steroid dienone is 1. The zero-order valence-corrected chi connectivity index (χ0v) is 16.4. The molecule has 0 aliphatic carbocycles. The number of methoxy groups -OCH3 is 1. The summed E-state index contributed by atoms with van der Waals surface area (Å²) in [6.07, 6.45) is 3.64. The van der Waals surface area contributed by atoms with E-state index >= 15 is 0 Å². The van der Waals surface area contributed by atoms with Crippen LogP contribution < -0.4 is 10.2 Å². The van der Waals surface area contributed by atoms with E-state index < -0.39 is 0 Å². The van der Waals surface area contributed by atoms with Gasteiger partial charge in [0.15, 0.2) is 0 Å². The Morgan fingerprint density at radius 3 is 2.34 bits per heavy atom. The second-order valence-electron chi connectivity index (χ2n) is 6.69. The Morgan fingerprint density at radius 1 is 0.931 bits per heavy atom. The maximum absolute atomic E-state index is 10.5. The molecule has 4 heteroatoms. The van der Waals surface area contributed by atoms with E-state index in [0.717, 1.165) is 38.6 Å².